The summed E-state index contributed by atoms with van der Waals surface area (Å²) in [6.07, 6.45) is 8.60. The van der Waals surface area contributed by atoms with Crippen molar-refractivity contribution in [1.29, 1.82) is 0 Å². The van der Waals surface area contributed by atoms with Crippen LogP contribution in [-0.2, 0) is 4.79 Å². The summed E-state index contributed by atoms with van der Waals surface area (Å²) in [5, 5.41) is 16.6. The summed E-state index contributed by atoms with van der Waals surface area (Å²) in [4.78, 5) is 19.6. The first-order chi connectivity index (χ1) is 13.1. The zero-order valence-corrected chi connectivity index (χ0v) is 20.3. The van der Waals surface area contributed by atoms with Crippen LogP contribution in [0.25, 0.3) is 0 Å². The molecule has 0 aromatic rings. The normalized spacial score (nSPS) is 21.4. The number of aliphatic hydroxyl groups is 1. The Morgan fingerprint density at radius 3 is 2.39 bits per heavy atom. The highest BCUT2D eigenvalue weighted by Crippen LogP contribution is 2.27. The fourth-order valence-corrected chi connectivity index (χ4v) is 4.19. The number of aliphatic imine (C=N–C) groups is 1. The van der Waals surface area contributed by atoms with E-state index < -0.39 is 0 Å². The lowest BCUT2D eigenvalue weighted by Gasteiger charge is -2.28. The van der Waals surface area contributed by atoms with Crippen LogP contribution >= 0.6 is 24.0 Å². The zero-order valence-electron chi connectivity index (χ0n) is 18.0. The van der Waals surface area contributed by atoms with Gasteiger partial charge >= 0.3 is 0 Å². The zero-order chi connectivity index (χ0) is 19.7. The van der Waals surface area contributed by atoms with Crippen LogP contribution in [0, 0.1) is 11.3 Å². The number of aliphatic hydroxyl groups excluding tert-OH is 1. The monoisotopic (exact) mass is 508 g/mol. The van der Waals surface area contributed by atoms with Crippen molar-refractivity contribution in [2.24, 2.45) is 16.3 Å². The molecule has 1 aliphatic heterocycles. The van der Waals surface area contributed by atoms with Crippen molar-refractivity contribution < 1.29 is 9.90 Å². The average Bonchev–Trinajstić information content (AvgIpc) is 3.18. The molecular formula is C21H41IN4O2. The molecule has 0 bridgehead atoms. The number of halogens is 1. The van der Waals surface area contributed by atoms with Gasteiger partial charge in [0, 0.05) is 37.0 Å². The number of nitrogens with one attached hydrogen (secondary N) is 2. The Morgan fingerprint density at radius 1 is 1.14 bits per heavy atom. The van der Waals surface area contributed by atoms with Crippen LogP contribution in [0.15, 0.2) is 4.99 Å². The van der Waals surface area contributed by atoms with E-state index in [1.54, 1.807) is 0 Å². The molecule has 0 spiro atoms. The largest absolute Gasteiger partial charge is 0.396 e. The number of amides is 1. The Balaban J connectivity index is 0.00000392. The number of hydrogen-bond donors (Lipinski definition) is 3. The highest BCUT2D eigenvalue weighted by Gasteiger charge is 2.32. The molecule has 6 nitrogen and oxygen atoms in total. The molecule has 1 heterocycles. The molecule has 0 aromatic heterocycles. The van der Waals surface area contributed by atoms with E-state index in [1.807, 2.05) is 4.90 Å². The van der Waals surface area contributed by atoms with Gasteiger partial charge < -0.3 is 20.6 Å². The van der Waals surface area contributed by atoms with Gasteiger partial charge in [-0.2, -0.15) is 0 Å². The average molecular weight is 508 g/mol. The third-order valence-corrected chi connectivity index (χ3v) is 6.55. The molecular weight excluding hydrogens is 467 g/mol. The summed E-state index contributed by atoms with van der Waals surface area (Å²) in [5.74, 6) is 1.41. The molecule has 2 rings (SSSR count). The molecule has 0 radical (unpaired) electrons. The SMILES string of the molecule is CCNC(=NCC(CC)(CC)CO)NC1CCN(C(=O)C2CCCCC2)C1.I. The summed E-state index contributed by atoms with van der Waals surface area (Å²) in [6, 6.07) is 0.252. The van der Waals surface area contributed by atoms with Crippen molar-refractivity contribution in [3.8, 4) is 0 Å². The molecule has 1 saturated carbocycles. The van der Waals surface area contributed by atoms with E-state index in [2.05, 4.69) is 31.4 Å². The minimum atomic E-state index is -0.138. The maximum atomic E-state index is 12.8. The number of carbonyl (C=O) groups is 1. The van der Waals surface area contributed by atoms with Gasteiger partial charge in [-0.1, -0.05) is 33.1 Å². The topological polar surface area (TPSA) is 77.0 Å². The first kappa shape index (κ1) is 25.5. The van der Waals surface area contributed by atoms with Crippen molar-refractivity contribution in [3.05, 3.63) is 0 Å². The Morgan fingerprint density at radius 2 is 1.82 bits per heavy atom. The third-order valence-electron chi connectivity index (χ3n) is 6.55. The highest BCUT2D eigenvalue weighted by atomic mass is 127. The molecule has 1 atom stereocenters. The van der Waals surface area contributed by atoms with Gasteiger partial charge in [0.2, 0.25) is 5.91 Å². The van der Waals surface area contributed by atoms with Crippen molar-refractivity contribution in [1.82, 2.24) is 15.5 Å². The Kier molecular flexibility index (Phi) is 11.7. The van der Waals surface area contributed by atoms with Gasteiger partial charge in [-0.15, -0.1) is 24.0 Å². The second kappa shape index (κ2) is 12.9. The van der Waals surface area contributed by atoms with Crippen molar-refractivity contribution in [3.63, 3.8) is 0 Å². The van der Waals surface area contributed by atoms with E-state index in [0.717, 1.165) is 57.7 Å². The number of carbonyl (C=O) groups excluding carboxylic acids is 1. The van der Waals surface area contributed by atoms with Crippen LogP contribution in [0.5, 0.6) is 0 Å². The predicted octanol–water partition coefficient (Wildman–Crippen LogP) is 3.14. The van der Waals surface area contributed by atoms with Gasteiger partial charge in [-0.05, 0) is 39.0 Å². The summed E-state index contributed by atoms with van der Waals surface area (Å²) < 4.78 is 0. The highest BCUT2D eigenvalue weighted by molar-refractivity contribution is 14.0. The molecule has 1 unspecified atom stereocenters. The lowest BCUT2D eigenvalue weighted by atomic mass is 9.83. The molecule has 2 fully saturated rings. The summed E-state index contributed by atoms with van der Waals surface area (Å²) in [7, 11) is 0. The third kappa shape index (κ3) is 7.04. The summed E-state index contributed by atoms with van der Waals surface area (Å²) in [6.45, 7) is 9.47. The molecule has 7 heteroatoms. The summed E-state index contributed by atoms with van der Waals surface area (Å²) in [5.41, 5.74) is -0.138. The summed E-state index contributed by atoms with van der Waals surface area (Å²) >= 11 is 0. The first-order valence-corrected chi connectivity index (χ1v) is 11.0. The molecule has 164 valence electrons. The van der Waals surface area contributed by atoms with Gasteiger partial charge in [0.1, 0.15) is 0 Å². The molecule has 28 heavy (non-hydrogen) atoms. The lowest BCUT2D eigenvalue weighted by molar-refractivity contribution is -0.135. The fraction of sp³-hybridized carbons (Fsp3) is 0.905. The van der Waals surface area contributed by atoms with E-state index in [4.69, 9.17) is 4.99 Å². The molecule has 0 aromatic carbocycles. The second-order valence-corrected chi connectivity index (χ2v) is 8.31. The van der Waals surface area contributed by atoms with E-state index in [9.17, 15) is 9.90 Å². The maximum Gasteiger partial charge on any atom is 0.225 e. The Labute approximate surface area is 188 Å². The standard InChI is InChI=1S/C21H40N4O2.HI/c1-4-21(5-2,16-26)15-23-20(22-6-3)24-18-12-13-25(14-18)19(27)17-10-8-7-9-11-17;/h17-18,26H,4-16H2,1-3H3,(H2,22,23,24);1H. The van der Waals surface area contributed by atoms with Crippen molar-refractivity contribution >= 4 is 35.8 Å². The van der Waals surface area contributed by atoms with Crippen LogP contribution in [-0.4, -0.2) is 60.7 Å². The number of hydrogen-bond acceptors (Lipinski definition) is 3. The number of rotatable bonds is 8. The van der Waals surface area contributed by atoms with E-state index in [-0.39, 0.29) is 48.0 Å². The molecule has 1 saturated heterocycles. The Bertz CT molecular complexity index is 483. The molecule has 1 amide bonds. The number of likely N-dealkylation sites (tertiary alicyclic amines) is 1. The molecule has 2 aliphatic rings. The van der Waals surface area contributed by atoms with Gasteiger partial charge in [-0.3, -0.25) is 9.79 Å². The maximum absolute atomic E-state index is 12.8. The Hall–Kier alpha value is -0.570. The van der Waals surface area contributed by atoms with Gasteiger partial charge in [-0.25, -0.2) is 0 Å². The van der Waals surface area contributed by atoms with E-state index in [1.165, 1.54) is 19.3 Å². The molecule has 3 N–H and O–H groups in total. The van der Waals surface area contributed by atoms with Crippen LogP contribution < -0.4 is 10.6 Å². The van der Waals surface area contributed by atoms with E-state index >= 15 is 0 Å². The smallest absolute Gasteiger partial charge is 0.225 e. The minimum Gasteiger partial charge on any atom is -0.396 e. The van der Waals surface area contributed by atoms with Gasteiger partial charge in [0.25, 0.3) is 0 Å². The van der Waals surface area contributed by atoms with Crippen molar-refractivity contribution in [2.45, 2.75) is 78.2 Å². The first-order valence-electron chi connectivity index (χ1n) is 11.0. The molecule has 1 aliphatic carbocycles. The quantitative estimate of drug-likeness (QED) is 0.268. The van der Waals surface area contributed by atoms with Crippen LogP contribution in [0.1, 0.15) is 72.1 Å². The number of guanidine groups is 1. The second-order valence-electron chi connectivity index (χ2n) is 8.31. The fourth-order valence-electron chi connectivity index (χ4n) is 4.19. The predicted molar refractivity (Wildman–Crippen MR) is 126 cm³/mol. The number of nitrogens with zero attached hydrogens (tertiary/aromatic N) is 2. The van der Waals surface area contributed by atoms with Crippen LogP contribution in [0.4, 0.5) is 0 Å². The minimum absolute atomic E-state index is 0. The van der Waals surface area contributed by atoms with Crippen LogP contribution in [0.2, 0.25) is 0 Å². The van der Waals surface area contributed by atoms with Gasteiger partial charge in [0.05, 0.1) is 13.2 Å². The van der Waals surface area contributed by atoms with Crippen molar-refractivity contribution in [2.75, 3.05) is 32.8 Å². The van der Waals surface area contributed by atoms with Gasteiger partial charge in [0.15, 0.2) is 5.96 Å². The van der Waals surface area contributed by atoms with Crippen LogP contribution in [0.3, 0.4) is 0 Å². The van der Waals surface area contributed by atoms with E-state index in [0.29, 0.717) is 12.5 Å². The lowest BCUT2D eigenvalue weighted by Crippen LogP contribution is -2.46.